The van der Waals surface area contributed by atoms with E-state index in [4.69, 9.17) is 0 Å². The standard InChI is InChI=1S/C17H21N3O2/c1-12(2)14(10-13-6-4-3-5-7-13)11-18-17(22)15-8-9-16(21)20-19-15/h3-9,12,14H,10-11H2,1-2H3,(H,18,22)(H,20,21)/t14-/m1/s1. The van der Waals surface area contributed by atoms with Gasteiger partial charge in [0.2, 0.25) is 0 Å². The summed E-state index contributed by atoms with van der Waals surface area (Å²) in [4.78, 5) is 23.0. The molecule has 5 nitrogen and oxygen atoms in total. The van der Waals surface area contributed by atoms with Gasteiger partial charge >= 0.3 is 0 Å². The molecule has 1 aromatic carbocycles. The Kier molecular flexibility index (Phi) is 5.47. The van der Waals surface area contributed by atoms with Crippen LogP contribution < -0.4 is 10.9 Å². The third-order valence-corrected chi connectivity index (χ3v) is 3.72. The zero-order valence-electron chi connectivity index (χ0n) is 12.9. The highest BCUT2D eigenvalue weighted by Crippen LogP contribution is 2.16. The minimum absolute atomic E-state index is 0.224. The van der Waals surface area contributed by atoms with Crippen molar-refractivity contribution in [1.82, 2.24) is 15.5 Å². The van der Waals surface area contributed by atoms with Gasteiger partial charge < -0.3 is 5.32 Å². The third-order valence-electron chi connectivity index (χ3n) is 3.72. The van der Waals surface area contributed by atoms with E-state index in [1.54, 1.807) is 0 Å². The van der Waals surface area contributed by atoms with Gasteiger partial charge in [-0.15, -0.1) is 0 Å². The lowest BCUT2D eigenvalue weighted by Gasteiger charge is -2.21. The highest BCUT2D eigenvalue weighted by atomic mass is 16.2. The summed E-state index contributed by atoms with van der Waals surface area (Å²) in [5.41, 5.74) is 1.17. The molecule has 0 radical (unpaired) electrons. The minimum atomic E-state index is -0.319. The highest BCUT2D eigenvalue weighted by Gasteiger charge is 2.16. The summed E-state index contributed by atoms with van der Waals surface area (Å²) in [6.07, 6.45) is 0.915. The molecule has 2 aromatic rings. The van der Waals surface area contributed by atoms with E-state index in [2.05, 4.69) is 41.5 Å². The first-order valence-corrected chi connectivity index (χ1v) is 7.44. The van der Waals surface area contributed by atoms with Crippen LogP contribution >= 0.6 is 0 Å². The maximum Gasteiger partial charge on any atom is 0.271 e. The van der Waals surface area contributed by atoms with E-state index < -0.39 is 0 Å². The second kappa shape index (κ2) is 7.54. The summed E-state index contributed by atoms with van der Waals surface area (Å²) in [5, 5.41) is 8.90. The summed E-state index contributed by atoms with van der Waals surface area (Å²) in [7, 11) is 0. The Bertz CT molecular complexity index is 645. The van der Waals surface area contributed by atoms with Gasteiger partial charge in [0.25, 0.3) is 11.5 Å². The van der Waals surface area contributed by atoms with Crippen LogP contribution in [0.2, 0.25) is 0 Å². The molecule has 1 amide bonds. The molecule has 0 saturated heterocycles. The quantitative estimate of drug-likeness (QED) is 0.857. The number of aromatic amines is 1. The molecule has 0 aliphatic heterocycles. The Hall–Kier alpha value is -2.43. The molecule has 1 atom stereocenters. The summed E-state index contributed by atoms with van der Waals surface area (Å²) < 4.78 is 0. The molecule has 2 rings (SSSR count). The zero-order chi connectivity index (χ0) is 15.9. The van der Waals surface area contributed by atoms with Crippen LogP contribution in [0.4, 0.5) is 0 Å². The van der Waals surface area contributed by atoms with Gasteiger partial charge in [0.1, 0.15) is 5.69 Å². The van der Waals surface area contributed by atoms with Crippen molar-refractivity contribution in [2.75, 3.05) is 6.54 Å². The summed E-state index contributed by atoms with van der Waals surface area (Å²) >= 11 is 0. The number of rotatable bonds is 6. The normalized spacial score (nSPS) is 12.1. The Morgan fingerprint density at radius 2 is 1.91 bits per heavy atom. The topological polar surface area (TPSA) is 74.8 Å². The van der Waals surface area contributed by atoms with Crippen LogP contribution in [-0.2, 0) is 6.42 Å². The van der Waals surface area contributed by atoms with Gasteiger partial charge in [-0.25, -0.2) is 5.10 Å². The summed E-state index contributed by atoms with van der Waals surface area (Å²) in [5.74, 6) is 0.521. The van der Waals surface area contributed by atoms with Crippen LogP contribution in [0.25, 0.3) is 0 Å². The average molecular weight is 299 g/mol. The first-order valence-electron chi connectivity index (χ1n) is 7.44. The first-order chi connectivity index (χ1) is 10.6. The fourth-order valence-electron chi connectivity index (χ4n) is 2.25. The van der Waals surface area contributed by atoms with Gasteiger partial charge in [0.15, 0.2) is 0 Å². The van der Waals surface area contributed by atoms with Crippen LogP contribution in [0.1, 0.15) is 29.9 Å². The number of nitrogens with zero attached hydrogens (tertiary/aromatic N) is 1. The van der Waals surface area contributed by atoms with Gasteiger partial charge in [-0.2, -0.15) is 5.10 Å². The fourth-order valence-corrected chi connectivity index (χ4v) is 2.25. The lowest BCUT2D eigenvalue weighted by Crippen LogP contribution is -2.33. The molecule has 22 heavy (non-hydrogen) atoms. The lowest BCUT2D eigenvalue weighted by atomic mass is 9.89. The number of amides is 1. The molecule has 2 N–H and O–H groups in total. The molecule has 0 bridgehead atoms. The highest BCUT2D eigenvalue weighted by molar-refractivity contribution is 5.91. The summed E-state index contributed by atoms with van der Waals surface area (Å²) in [6, 6.07) is 13.0. The molecular weight excluding hydrogens is 278 g/mol. The van der Waals surface area contributed by atoms with Crippen LogP contribution in [0.5, 0.6) is 0 Å². The number of aromatic nitrogens is 2. The first kappa shape index (κ1) is 15.9. The van der Waals surface area contributed by atoms with E-state index in [-0.39, 0.29) is 17.2 Å². The molecule has 1 heterocycles. The largest absolute Gasteiger partial charge is 0.350 e. The molecular formula is C17H21N3O2. The number of hydrogen-bond donors (Lipinski definition) is 2. The van der Waals surface area contributed by atoms with E-state index in [0.29, 0.717) is 18.4 Å². The molecule has 0 aliphatic carbocycles. The second-order valence-corrected chi connectivity index (χ2v) is 5.71. The van der Waals surface area contributed by atoms with Crippen molar-refractivity contribution < 1.29 is 4.79 Å². The van der Waals surface area contributed by atoms with Crippen molar-refractivity contribution in [3.8, 4) is 0 Å². The Morgan fingerprint density at radius 1 is 1.18 bits per heavy atom. The number of carbonyl (C=O) groups excluding carboxylic acids is 1. The molecule has 5 heteroatoms. The maximum atomic E-state index is 12.0. The van der Waals surface area contributed by atoms with Crippen molar-refractivity contribution in [2.24, 2.45) is 11.8 Å². The second-order valence-electron chi connectivity index (χ2n) is 5.71. The molecule has 0 fully saturated rings. The number of nitrogens with one attached hydrogen (secondary N) is 2. The molecule has 0 aliphatic rings. The number of carbonyl (C=O) groups is 1. The molecule has 0 unspecified atom stereocenters. The monoisotopic (exact) mass is 299 g/mol. The van der Waals surface area contributed by atoms with Crippen molar-refractivity contribution >= 4 is 5.91 Å². The summed E-state index contributed by atoms with van der Waals surface area (Å²) in [6.45, 7) is 4.88. The fraction of sp³-hybridized carbons (Fsp3) is 0.353. The van der Waals surface area contributed by atoms with Crippen molar-refractivity contribution in [3.05, 3.63) is 64.1 Å². The Balaban J connectivity index is 1.95. The van der Waals surface area contributed by atoms with Crippen LogP contribution in [0, 0.1) is 11.8 Å². The van der Waals surface area contributed by atoms with Gasteiger partial charge in [-0.05, 0) is 29.9 Å². The van der Waals surface area contributed by atoms with Crippen LogP contribution in [0.3, 0.4) is 0 Å². The predicted octanol–water partition coefficient (Wildman–Crippen LogP) is 2.01. The van der Waals surface area contributed by atoms with E-state index in [9.17, 15) is 9.59 Å². The number of H-pyrrole nitrogens is 1. The van der Waals surface area contributed by atoms with Gasteiger partial charge in [-0.1, -0.05) is 44.2 Å². The third kappa shape index (κ3) is 4.55. The van der Waals surface area contributed by atoms with Crippen LogP contribution in [0.15, 0.2) is 47.3 Å². The molecule has 0 spiro atoms. The Morgan fingerprint density at radius 3 is 2.50 bits per heavy atom. The zero-order valence-corrected chi connectivity index (χ0v) is 12.9. The van der Waals surface area contributed by atoms with E-state index >= 15 is 0 Å². The average Bonchev–Trinajstić information content (AvgIpc) is 2.52. The van der Waals surface area contributed by atoms with Crippen molar-refractivity contribution in [1.29, 1.82) is 0 Å². The van der Waals surface area contributed by atoms with Gasteiger partial charge in [0, 0.05) is 12.6 Å². The van der Waals surface area contributed by atoms with Crippen LogP contribution in [-0.4, -0.2) is 22.6 Å². The van der Waals surface area contributed by atoms with Crippen molar-refractivity contribution in [2.45, 2.75) is 20.3 Å². The Labute approximate surface area is 129 Å². The predicted molar refractivity (Wildman–Crippen MR) is 85.7 cm³/mol. The maximum absolute atomic E-state index is 12.0. The van der Waals surface area contributed by atoms with Gasteiger partial charge in [-0.3, -0.25) is 9.59 Å². The minimum Gasteiger partial charge on any atom is -0.350 e. The van der Waals surface area contributed by atoms with E-state index in [0.717, 1.165) is 6.42 Å². The molecule has 116 valence electrons. The van der Waals surface area contributed by atoms with E-state index in [1.807, 2.05) is 18.2 Å². The smallest absolute Gasteiger partial charge is 0.271 e. The molecule has 1 aromatic heterocycles. The SMILES string of the molecule is CC(C)[C@@H](CNC(=O)c1ccc(=O)[nH]n1)Cc1ccccc1. The molecule has 0 saturated carbocycles. The van der Waals surface area contributed by atoms with Crippen molar-refractivity contribution in [3.63, 3.8) is 0 Å². The van der Waals surface area contributed by atoms with Gasteiger partial charge in [0.05, 0.1) is 0 Å². The van der Waals surface area contributed by atoms with E-state index in [1.165, 1.54) is 17.7 Å². The number of benzene rings is 1. The number of hydrogen-bond acceptors (Lipinski definition) is 3. The lowest BCUT2D eigenvalue weighted by molar-refractivity contribution is 0.0937.